The van der Waals surface area contributed by atoms with Gasteiger partial charge in [-0.3, -0.25) is 0 Å². The molecule has 0 aromatic heterocycles. The first kappa shape index (κ1) is 11.8. The zero-order valence-corrected chi connectivity index (χ0v) is 8.89. The highest BCUT2D eigenvalue weighted by molar-refractivity contribution is 5.75. The van der Waals surface area contributed by atoms with Crippen molar-refractivity contribution in [1.82, 2.24) is 0 Å². The summed E-state index contributed by atoms with van der Waals surface area (Å²) in [6.45, 7) is 3.35. The predicted octanol–water partition coefficient (Wildman–Crippen LogP) is 3.12. The smallest absolute Gasteiger partial charge is 0.162 e. The van der Waals surface area contributed by atoms with Crippen molar-refractivity contribution in [2.24, 2.45) is 5.92 Å². The largest absolute Gasteiger partial charge is 0.300 e. The van der Waals surface area contributed by atoms with Gasteiger partial charge in [0.15, 0.2) is 11.6 Å². The number of carbonyl (C=O) groups excluding carboxylic acids is 1. The van der Waals surface area contributed by atoms with Crippen LogP contribution >= 0.6 is 0 Å². The summed E-state index contributed by atoms with van der Waals surface area (Å²) in [5.41, 5.74) is 0.337. The number of ketones is 1. The van der Waals surface area contributed by atoms with Gasteiger partial charge in [0.25, 0.3) is 0 Å². The molecule has 1 aromatic carbocycles. The van der Waals surface area contributed by atoms with E-state index in [1.165, 1.54) is 13.0 Å². The van der Waals surface area contributed by atoms with Gasteiger partial charge in [0.05, 0.1) is 0 Å². The summed E-state index contributed by atoms with van der Waals surface area (Å²) in [5.74, 6) is -1.52. The lowest BCUT2D eigenvalue weighted by Gasteiger charge is -2.10. The minimum Gasteiger partial charge on any atom is -0.300 e. The molecule has 1 unspecified atom stereocenters. The molecule has 0 N–H and O–H groups in total. The number of hydrogen-bond acceptors (Lipinski definition) is 1. The van der Waals surface area contributed by atoms with E-state index in [2.05, 4.69) is 0 Å². The van der Waals surface area contributed by atoms with Gasteiger partial charge in [-0.2, -0.15) is 0 Å². The molecular formula is C12H14F2O. The third-order valence-corrected chi connectivity index (χ3v) is 2.24. The van der Waals surface area contributed by atoms with Gasteiger partial charge in [0, 0.05) is 6.42 Å². The quantitative estimate of drug-likeness (QED) is 0.749. The number of halogens is 2. The Hall–Kier alpha value is -1.25. The maximum atomic E-state index is 13.2. The van der Waals surface area contributed by atoms with E-state index in [9.17, 15) is 13.6 Å². The first-order valence-corrected chi connectivity index (χ1v) is 4.93. The lowest BCUT2D eigenvalue weighted by Crippen LogP contribution is -2.07. The van der Waals surface area contributed by atoms with Gasteiger partial charge >= 0.3 is 0 Å². The molecule has 0 amide bonds. The highest BCUT2D eigenvalue weighted by Crippen LogP contribution is 2.17. The Kier molecular flexibility index (Phi) is 3.95. The fourth-order valence-electron chi connectivity index (χ4n) is 1.64. The van der Waals surface area contributed by atoms with Crippen molar-refractivity contribution in [3.05, 3.63) is 35.4 Å². The van der Waals surface area contributed by atoms with Gasteiger partial charge in [-0.1, -0.05) is 19.1 Å². The van der Waals surface area contributed by atoms with Gasteiger partial charge in [-0.15, -0.1) is 0 Å². The number of benzene rings is 1. The molecule has 0 aliphatic heterocycles. The molecule has 0 aliphatic rings. The second-order valence-corrected chi connectivity index (χ2v) is 3.93. The summed E-state index contributed by atoms with van der Waals surface area (Å²) in [7, 11) is 0. The molecule has 0 heterocycles. The summed E-state index contributed by atoms with van der Waals surface area (Å²) < 4.78 is 26.1. The molecule has 0 fully saturated rings. The SMILES string of the molecule is CC(=O)CC(C)Cc1cccc(F)c1F. The minimum atomic E-state index is -0.831. The van der Waals surface area contributed by atoms with Crippen molar-refractivity contribution < 1.29 is 13.6 Å². The molecule has 1 nitrogen and oxygen atoms in total. The van der Waals surface area contributed by atoms with Crippen molar-refractivity contribution in [2.75, 3.05) is 0 Å². The summed E-state index contributed by atoms with van der Waals surface area (Å²) in [4.78, 5) is 10.8. The first-order chi connectivity index (χ1) is 7.00. The van der Waals surface area contributed by atoms with Crippen molar-refractivity contribution in [1.29, 1.82) is 0 Å². The Balaban J connectivity index is 2.72. The fourth-order valence-corrected chi connectivity index (χ4v) is 1.64. The van der Waals surface area contributed by atoms with Crippen LogP contribution in [0.5, 0.6) is 0 Å². The van der Waals surface area contributed by atoms with Gasteiger partial charge < -0.3 is 4.79 Å². The normalized spacial score (nSPS) is 12.5. The number of hydrogen-bond donors (Lipinski definition) is 0. The van der Waals surface area contributed by atoms with Gasteiger partial charge in [-0.25, -0.2) is 8.78 Å². The third kappa shape index (κ3) is 3.42. The minimum absolute atomic E-state index is 0.0406. The van der Waals surface area contributed by atoms with Gasteiger partial charge in [0.1, 0.15) is 5.78 Å². The second kappa shape index (κ2) is 5.01. The van der Waals surface area contributed by atoms with Crippen LogP contribution in [-0.4, -0.2) is 5.78 Å². The van der Waals surface area contributed by atoms with Crippen LogP contribution in [0.1, 0.15) is 25.8 Å². The molecule has 0 aliphatic carbocycles. The second-order valence-electron chi connectivity index (χ2n) is 3.93. The van der Waals surface area contributed by atoms with Gasteiger partial charge in [0.2, 0.25) is 0 Å². The Bertz CT molecular complexity index is 361. The van der Waals surface area contributed by atoms with Crippen molar-refractivity contribution in [3.63, 3.8) is 0 Å². The average Bonchev–Trinajstić information content (AvgIpc) is 2.11. The Morgan fingerprint density at radius 2 is 2.07 bits per heavy atom. The van der Waals surface area contributed by atoms with Crippen LogP contribution in [0, 0.1) is 17.6 Å². The molecule has 0 saturated carbocycles. The van der Waals surface area contributed by atoms with Crippen LogP contribution in [0.25, 0.3) is 0 Å². The van der Waals surface area contributed by atoms with Crippen LogP contribution < -0.4 is 0 Å². The molecule has 1 aromatic rings. The summed E-state index contributed by atoms with van der Waals surface area (Å²) >= 11 is 0. The lowest BCUT2D eigenvalue weighted by atomic mass is 9.96. The number of carbonyl (C=O) groups is 1. The third-order valence-electron chi connectivity index (χ3n) is 2.24. The lowest BCUT2D eigenvalue weighted by molar-refractivity contribution is -0.117. The van der Waals surface area contributed by atoms with E-state index >= 15 is 0 Å². The topological polar surface area (TPSA) is 17.1 Å². The Labute approximate surface area is 88.1 Å². The Morgan fingerprint density at radius 1 is 1.40 bits per heavy atom. The fraction of sp³-hybridized carbons (Fsp3) is 0.417. The van der Waals surface area contributed by atoms with E-state index in [0.29, 0.717) is 18.4 Å². The van der Waals surface area contributed by atoms with E-state index in [1.54, 1.807) is 6.07 Å². The molecule has 1 atom stereocenters. The molecule has 0 saturated heterocycles. The van der Waals surface area contributed by atoms with E-state index in [0.717, 1.165) is 6.07 Å². The van der Waals surface area contributed by atoms with Crippen molar-refractivity contribution >= 4 is 5.78 Å². The van der Waals surface area contributed by atoms with Crippen LogP contribution in [0.4, 0.5) is 8.78 Å². The monoisotopic (exact) mass is 212 g/mol. The van der Waals surface area contributed by atoms with Crippen LogP contribution in [0.15, 0.2) is 18.2 Å². The number of Topliss-reactive ketones (excluding diaryl/α,β-unsaturated/α-hetero) is 1. The summed E-state index contributed by atoms with van der Waals surface area (Å²) in [5, 5.41) is 0. The standard InChI is InChI=1S/C12H14F2O/c1-8(6-9(2)15)7-10-4-3-5-11(13)12(10)14/h3-5,8H,6-7H2,1-2H3. The van der Waals surface area contributed by atoms with E-state index < -0.39 is 11.6 Å². The zero-order chi connectivity index (χ0) is 11.4. The van der Waals surface area contributed by atoms with Crippen LogP contribution in [0.3, 0.4) is 0 Å². The molecule has 0 spiro atoms. The first-order valence-electron chi connectivity index (χ1n) is 4.93. The molecule has 0 radical (unpaired) electrons. The number of rotatable bonds is 4. The summed E-state index contributed by atoms with van der Waals surface area (Å²) in [6, 6.07) is 4.12. The van der Waals surface area contributed by atoms with E-state index in [-0.39, 0.29) is 11.7 Å². The zero-order valence-electron chi connectivity index (χ0n) is 8.89. The van der Waals surface area contributed by atoms with Crippen molar-refractivity contribution in [2.45, 2.75) is 26.7 Å². The highest BCUT2D eigenvalue weighted by atomic mass is 19.2. The highest BCUT2D eigenvalue weighted by Gasteiger charge is 2.12. The Morgan fingerprint density at radius 3 is 2.67 bits per heavy atom. The predicted molar refractivity (Wildman–Crippen MR) is 54.5 cm³/mol. The molecule has 82 valence electrons. The van der Waals surface area contributed by atoms with E-state index in [4.69, 9.17) is 0 Å². The molecule has 3 heteroatoms. The molecule has 0 bridgehead atoms. The van der Waals surface area contributed by atoms with E-state index in [1.807, 2.05) is 6.92 Å². The molecule has 15 heavy (non-hydrogen) atoms. The summed E-state index contributed by atoms with van der Waals surface area (Å²) in [6.07, 6.45) is 0.791. The maximum absolute atomic E-state index is 13.2. The van der Waals surface area contributed by atoms with Crippen LogP contribution in [0.2, 0.25) is 0 Å². The molecule has 1 rings (SSSR count). The van der Waals surface area contributed by atoms with Gasteiger partial charge in [-0.05, 0) is 30.9 Å². The molecular weight excluding hydrogens is 198 g/mol. The average molecular weight is 212 g/mol. The maximum Gasteiger partial charge on any atom is 0.162 e. The van der Waals surface area contributed by atoms with Crippen LogP contribution in [-0.2, 0) is 11.2 Å². The van der Waals surface area contributed by atoms with Crippen molar-refractivity contribution in [3.8, 4) is 0 Å².